The van der Waals surface area contributed by atoms with E-state index in [1.165, 1.54) is 25.7 Å². The summed E-state index contributed by atoms with van der Waals surface area (Å²) in [6.07, 6.45) is 5.88. The third kappa shape index (κ3) is 2.08. The molecule has 0 spiro atoms. The summed E-state index contributed by atoms with van der Waals surface area (Å²) < 4.78 is 0. The number of hydrogen-bond donors (Lipinski definition) is 1. The summed E-state index contributed by atoms with van der Waals surface area (Å²) in [5.74, 6) is 0.342. The van der Waals surface area contributed by atoms with Crippen LogP contribution in [-0.4, -0.2) is 36.0 Å². The summed E-state index contributed by atoms with van der Waals surface area (Å²) in [5, 5.41) is 3.33. The lowest BCUT2D eigenvalue weighted by molar-refractivity contribution is -0.134. The van der Waals surface area contributed by atoms with Crippen molar-refractivity contribution in [1.82, 2.24) is 10.2 Å². The fraction of sp³-hybridized carbons (Fsp3) is 0.909. The van der Waals surface area contributed by atoms with Gasteiger partial charge >= 0.3 is 0 Å². The molecule has 1 aliphatic heterocycles. The summed E-state index contributed by atoms with van der Waals surface area (Å²) in [4.78, 5) is 14.1. The predicted molar refractivity (Wildman–Crippen MR) is 56.1 cm³/mol. The van der Waals surface area contributed by atoms with Gasteiger partial charge in [-0.15, -0.1) is 0 Å². The van der Waals surface area contributed by atoms with Gasteiger partial charge in [0, 0.05) is 12.6 Å². The summed E-state index contributed by atoms with van der Waals surface area (Å²) in [6.45, 7) is 3.97. The highest BCUT2D eigenvalue weighted by Crippen LogP contribution is 2.27. The van der Waals surface area contributed by atoms with Crippen molar-refractivity contribution in [3.8, 4) is 0 Å². The van der Waals surface area contributed by atoms with Crippen LogP contribution < -0.4 is 5.32 Å². The highest BCUT2D eigenvalue weighted by atomic mass is 16.2. The third-order valence-corrected chi connectivity index (χ3v) is 3.22. The van der Waals surface area contributed by atoms with Crippen LogP contribution in [-0.2, 0) is 4.79 Å². The number of carbonyl (C=O) groups excluding carboxylic acids is 1. The summed E-state index contributed by atoms with van der Waals surface area (Å²) in [7, 11) is 0. The molecule has 14 heavy (non-hydrogen) atoms. The molecule has 3 heteroatoms. The molecule has 0 aromatic rings. The average Bonchev–Trinajstić information content (AvgIpc) is 3.04. The number of hydrogen-bond acceptors (Lipinski definition) is 2. The molecule has 2 aliphatic rings. The van der Waals surface area contributed by atoms with Crippen LogP contribution in [0.4, 0.5) is 0 Å². The van der Waals surface area contributed by atoms with E-state index < -0.39 is 0 Å². The third-order valence-electron chi connectivity index (χ3n) is 3.22. The second kappa shape index (κ2) is 4.30. The molecule has 1 aliphatic carbocycles. The second-order valence-corrected chi connectivity index (χ2v) is 4.36. The minimum Gasteiger partial charge on any atom is -0.339 e. The van der Waals surface area contributed by atoms with Crippen molar-refractivity contribution in [2.24, 2.45) is 0 Å². The molecular formula is C11H20N2O. The van der Waals surface area contributed by atoms with Gasteiger partial charge in [0.25, 0.3) is 0 Å². The van der Waals surface area contributed by atoms with Crippen molar-refractivity contribution < 1.29 is 4.79 Å². The van der Waals surface area contributed by atoms with Crippen molar-refractivity contribution in [3.05, 3.63) is 0 Å². The first kappa shape index (κ1) is 9.97. The Balaban J connectivity index is 1.90. The van der Waals surface area contributed by atoms with Crippen molar-refractivity contribution in [1.29, 1.82) is 0 Å². The molecule has 1 saturated carbocycles. The molecular weight excluding hydrogens is 176 g/mol. The molecule has 0 aromatic carbocycles. The summed E-state index contributed by atoms with van der Waals surface area (Å²) in [5.41, 5.74) is 0. The van der Waals surface area contributed by atoms with Crippen molar-refractivity contribution in [2.75, 3.05) is 13.1 Å². The molecule has 0 aromatic heterocycles. The maximum atomic E-state index is 12.1. The smallest absolute Gasteiger partial charge is 0.239 e. The SMILES string of the molecule is CCN(C(=O)[C@@H]1CCCCN1)C1CC1. The molecule has 2 fully saturated rings. The topological polar surface area (TPSA) is 32.3 Å². The Kier molecular flexibility index (Phi) is 3.06. The lowest BCUT2D eigenvalue weighted by Crippen LogP contribution is -2.49. The van der Waals surface area contributed by atoms with E-state index in [-0.39, 0.29) is 6.04 Å². The van der Waals surface area contributed by atoms with E-state index >= 15 is 0 Å². The maximum absolute atomic E-state index is 12.1. The average molecular weight is 196 g/mol. The molecule has 1 amide bonds. The summed E-state index contributed by atoms with van der Waals surface area (Å²) >= 11 is 0. The van der Waals surface area contributed by atoms with Crippen LogP contribution in [0.15, 0.2) is 0 Å². The molecule has 2 rings (SSSR count). The fourth-order valence-electron chi connectivity index (χ4n) is 2.24. The Morgan fingerprint density at radius 1 is 1.36 bits per heavy atom. The molecule has 1 atom stereocenters. The van der Waals surface area contributed by atoms with Crippen molar-refractivity contribution in [3.63, 3.8) is 0 Å². The molecule has 80 valence electrons. The van der Waals surface area contributed by atoms with Crippen LogP contribution in [0.25, 0.3) is 0 Å². The first-order chi connectivity index (χ1) is 6.83. The van der Waals surface area contributed by atoms with E-state index in [9.17, 15) is 4.79 Å². The molecule has 1 heterocycles. The number of nitrogens with zero attached hydrogens (tertiary/aromatic N) is 1. The standard InChI is InChI=1S/C11H20N2O/c1-2-13(9-6-7-9)11(14)10-5-3-4-8-12-10/h9-10,12H,2-8H2,1H3/t10-/m0/s1. The number of amides is 1. The van der Waals surface area contributed by atoms with Gasteiger partial charge in [0.2, 0.25) is 5.91 Å². The van der Waals surface area contributed by atoms with Gasteiger partial charge in [-0.3, -0.25) is 4.79 Å². The van der Waals surface area contributed by atoms with Crippen LogP contribution >= 0.6 is 0 Å². The number of nitrogens with one attached hydrogen (secondary N) is 1. The van der Waals surface area contributed by atoms with Gasteiger partial charge in [-0.25, -0.2) is 0 Å². The van der Waals surface area contributed by atoms with Crippen LogP contribution in [0.1, 0.15) is 39.0 Å². The number of carbonyl (C=O) groups is 1. The quantitative estimate of drug-likeness (QED) is 0.734. The maximum Gasteiger partial charge on any atom is 0.239 e. The molecule has 0 unspecified atom stereocenters. The molecule has 1 saturated heterocycles. The molecule has 3 nitrogen and oxygen atoms in total. The van der Waals surface area contributed by atoms with Gasteiger partial charge in [-0.05, 0) is 39.2 Å². The first-order valence-corrected chi connectivity index (χ1v) is 5.86. The van der Waals surface area contributed by atoms with E-state index in [0.29, 0.717) is 11.9 Å². The highest BCUT2D eigenvalue weighted by Gasteiger charge is 2.34. The Bertz CT molecular complexity index is 207. The zero-order valence-electron chi connectivity index (χ0n) is 8.96. The van der Waals surface area contributed by atoms with Crippen LogP contribution in [0.5, 0.6) is 0 Å². The Hall–Kier alpha value is -0.570. The minimum atomic E-state index is 0.115. The normalized spacial score (nSPS) is 27.4. The van der Waals surface area contributed by atoms with E-state index in [0.717, 1.165) is 19.5 Å². The van der Waals surface area contributed by atoms with Crippen LogP contribution in [0, 0.1) is 0 Å². The fourth-order valence-corrected chi connectivity index (χ4v) is 2.24. The summed E-state index contributed by atoms with van der Waals surface area (Å²) in [6, 6.07) is 0.681. The Morgan fingerprint density at radius 3 is 2.64 bits per heavy atom. The van der Waals surface area contributed by atoms with Gasteiger partial charge < -0.3 is 10.2 Å². The largest absolute Gasteiger partial charge is 0.339 e. The predicted octanol–water partition coefficient (Wildman–Crippen LogP) is 1.14. The lowest BCUT2D eigenvalue weighted by Gasteiger charge is -2.29. The Labute approximate surface area is 85.8 Å². The number of likely N-dealkylation sites (N-methyl/N-ethyl adjacent to an activating group) is 1. The zero-order valence-corrected chi connectivity index (χ0v) is 8.96. The van der Waals surface area contributed by atoms with Crippen LogP contribution in [0.3, 0.4) is 0 Å². The number of piperidine rings is 1. The van der Waals surface area contributed by atoms with E-state index in [1.807, 2.05) is 0 Å². The van der Waals surface area contributed by atoms with Gasteiger partial charge in [0.05, 0.1) is 6.04 Å². The van der Waals surface area contributed by atoms with E-state index in [2.05, 4.69) is 17.1 Å². The van der Waals surface area contributed by atoms with Gasteiger partial charge in [0.1, 0.15) is 0 Å². The molecule has 1 N–H and O–H groups in total. The second-order valence-electron chi connectivity index (χ2n) is 4.36. The molecule has 0 bridgehead atoms. The monoisotopic (exact) mass is 196 g/mol. The molecule has 0 radical (unpaired) electrons. The van der Waals surface area contributed by atoms with E-state index in [1.54, 1.807) is 0 Å². The minimum absolute atomic E-state index is 0.115. The highest BCUT2D eigenvalue weighted by molar-refractivity contribution is 5.82. The van der Waals surface area contributed by atoms with E-state index in [4.69, 9.17) is 0 Å². The first-order valence-electron chi connectivity index (χ1n) is 5.86. The van der Waals surface area contributed by atoms with Crippen molar-refractivity contribution in [2.45, 2.75) is 51.1 Å². The van der Waals surface area contributed by atoms with Gasteiger partial charge in [0.15, 0.2) is 0 Å². The van der Waals surface area contributed by atoms with Crippen LogP contribution in [0.2, 0.25) is 0 Å². The number of rotatable bonds is 3. The zero-order chi connectivity index (χ0) is 9.97. The van der Waals surface area contributed by atoms with Gasteiger partial charge in [-0.1, -0.05) is 6.42 Å². The van der Waals surface area contributed by atoms with Crippen molar-refractivity contribution >= 4 is 5.91 Å². The Morgan fingerprint density at radius 2 is 2.14 bits per heavy atom. The van der Waals surface area contributed by atoms with Gasteiger partial charge in [-0.2, -0.15) is 0 Å². The lowest BCUT2D eigenvalue weighted by atomic mass is 10.0.